The van der Waals surface area contributed by atoms with Crippen LogP contribution in [0, 0.1) is 5.41 Å². The van der Waals surface area contributed by atoms with Crippen molar-refractivity contribution in [3.8, 4) is 0 Å². The molecule has 0 saturated carbocycles. The molecule has 2 fully saturated rings. The zero-order valence-corrected chi connectivity index (χ0v) is 15.1. The van der Waals surface area contributed by atoms with Gasteiger partial charge in [-0.2, -0.15) is 0 Å². The molecule has 2 rings (SSSR count). The molecule has 2 aliphatic rings. The molecule has 24 heavy (non-hydrogen) atoms. The average Bonchev–Trinajstić information content (AvgIpc) is 2.81. The number of carboxylic acid groups (broad SMARTS) is 1. The molecule has 2 heterocycles. The third kappa shape index (κ3) is 3.51. The molecule has 2 aliphatic heterocycles. The van der Waals surface area contributed by atoms with E-state index in [4.69, 9.17) is 4.74 Å². The Labute approximate surface area is 141 Å². The highest BCUT2D eigenvalue weighted by Gasteiger charge is 2.61. The minimum Gasteiger partial charge on any atom is -0.481 e. The van der Waals surface area contributed by atoms with Crippen molar-refractivity contribution < 1.29 is 33.0 Å². The van der Waals surface area contributed by atoms with E-state index in [1.165, 1.54) is 4.90 Å². The number of ether oxygens (including phenoxy) is 1. The molecule has 0 bridgehead atoms. The monoisotopic (exact) mass is 363 g/mol. The quantitative estimate of drug-likeness (QED) is 0.738. The maximum absolute atomic E-state index is 12.2. The van der Waals surface area contributed by atoms with Gasteiger partial charge in [-0.1, -0.05) is 0 Å². The molecule has 1 unspecified atom stereocenters. The number of hydrogen-bond donors (Lipinski definition) is 2. The number of carbonyl (C=O) groups is 2. The Morgan fingerprint density at radius 2 is 1.67 bits per heavy atom. The fourth-order valence-corrected chi connectivity index (χ4v) is 4.95. The minimum absolute atomic E-state index is 0.0819. The lowest BCUT2D eigenvalue weighted by atomic mass is 9.67. The third-order valence-electron chi connectivity index (χ3n) is 4.88. The average molecular weight is 363 g/mol. The highest BCUT2D eigenvalue weighted by molar-refractivity contribution is 7.91. The van der Waals surface area contributed by atoms with Crippen LogP contribution in [-0.4, -0.2) is 71.4 Å². The number of carboxylic acids is 1. The number of likely N-dealkylation sites (tertiary alicyclic amines) is 1. The summed E-state index contributed by atoms with van der Waals surface area (Å²) in [6, 6.07) is 0. The molecule has 0 aliphatic carbocycles. The Morgan fingerprint density at radius 1 is 1.12 bits per heavy atom. The van der Waals surface area contributed by atoms with E-state index in [0.717, 1.165) is 0 Å². The van der Waals surface area contributed by atoms with Gasteiger partial charge in [0.05, 0.1) is 18.1 Å². The van der Waals surface area contributed by atoms with Gasteiger partial charge in [0.2, 0.25) is 0 Å². The first kappa shape index (κ1) is 19.0. The molecule has 0 aromatic carbocycles. The minimum atomic E-state index is -3.28. The fraction of sp³-hybridized carbons (Fsp3) is 0.867. The zero-order chi connectivity index (χ0) is 18.4. The molecule has 8 nitrogen and oxygen atoms in total. The number of aliphatic hydroxyl groups is 1. The lowest BCUT2D eigenvalue weighted by molar-refractivity contribution is -0.169. The van der Waals surface area contributed by atoms with Gasteiger partial charge in [0.1, 0.15) is 26.5 Å². The molecule has 2 N–H and O–H groups in total. The first-order chi connectivity index (χ1) is 10.8. The van der Waals surface area contributed by atoms with Gasteiger partial charge in [0, 0.05) is 6.54 Å². The van der Waals surface area contributed by atoms with Crippen LogP contribution in [0.2, 0.25) is 0 Å². The van der Waals surface area contributed by atoms with E-state index in [9.17, 15) is 28.2 Å². The van der Waals surface area contributed by atoms with Crippen molar-refractivity contribution in [3.05, 3.63) is 0 Å². The molecule has 0 aromatic heterocycles. The summed E-state index contributed by atoms with van der Waals surface area (Å²) in [6.07, 6.45) is -0.826. The molecule has 0 radical (unpaired) electrons. The third-order valence-corrected chi connectivity index (χ3v) is 6.53. The van der Waals surface area contributed by atoms with E-state index in [-0.39, 0.29) is 43.9 Å². The van der Waals surface area contributed by atoms with Crippen LogP contribution in [0.3, 0.4) is 0 Å². The number of nitrogens with zero attached hydrogens (tertiary/aromatic N) is 1. The highest BCUT2D eigenvalue weighted by Crippen LogP contribution is 2.47. The van der Waals surface area contributed by atoms with Crippen molar-refractivity contribution in [1.82, 2.24) is 4.90 Å². The first-order valence-corrected chi connectivity index (χ1v) is 9.77. The summed E-state index contributed by atoms with van der Waals surface area (Å²) >= 11 is 0. The lowest BCUT2D eigenvalue weighted by Gasteiger charge is -2.44. The Morgan fingerprint density at radius 3 is 2.12 bits per heavy atom. The number of aliphatic carboxylic acids is 1. The largest absolute Gasteiger partial charge is 0.481 e. The summed E-state index contributed by atoms with van der Waals surface area (Å²) in [6.45, 7) is 5.16. The number of hydrogen-bond acceptors (Lipinski definition) is 6. The number of carbonyl (C=O) groups excluding carboxylic acids is 1. The second-order valence-electron chi connectivity index (χ2n) is 7.72. The van der Waals surface area contributed by atoms with Crippen LogP contribution in [-0.2, 0) is 19.4 Å². The summed E-state index contributed by atoms with van der Waals surface area (Å²) in [5.41, 5.74) is -3.91. The van der Waals surface area contributed by atoms with Crippen molar-refractivity contribution in [2.24, 2.45) is 5.41 Å². The lowest BCUT2D eigenvalue weighted by Crippen LogP contribution is -2.58. The first-order valence-electron chi connectivity index (χ1n) is 7.94. The second-order valence-corrected chi connectivity index (χ2v) is 10.0. The predicted molar refractivity (Wildman–Crippen MR) is 85.3 cm³/mol. The summed E-state index contributed by atoms with van der Waals surface area (Å²) < 4.78 is 28.6. The molecule has 9 heteroatoms. The number of sulfone groups is 1. The van der Waals surface area contributed by atoms with Gasteiger partial charge in [0.15, 0.2) is 0 Å². The SMILES string of the molecule is CC(C)(C)OC(=O)N1CCC(O)(C2(C(=O)O)CCS(=O)(=O)CC2)C1. The van der Waals surface area contributed by atoms with Crippen LogP contribution < -0.4 is 0 Å². The van der Waals surface area contributed by atoms with Crippen molar-refractivity contribution in [1.29, 1.82) is 0 Å². The summed E-state index contributed by atoms with van der Waals surface area (Å²) in [5.74, 6) is -1.76. The Balaban J connectivity index is 2.20. The van der Waals surface area contributed by atoms with Crippen LogP contribution in [0.1, 0.15) is 40.0 Å². The Bertz CT molecular complexity index is 623. The van der Waals surface area contributed by atoms with Gasteiger partial charge < -0.3 is 19.8 Å². The smallest absolute Gasteiger partial charge is 0.410 e. The van der Waals surface area contributed by atoms with E-state index in [1.54, 1.807) is 20.8 Å². The van der Waals surface area contributed by atoms with E-state index in [2.05, 4.69) is 0 Å². The van der Waals surface area contributed by atoms with Gasteiger partial charge in [0.25, 0.3) is 0 Å². The van der Waals surface area contributed by atoms with Crippen LogP contribution in [0.5, 0.6) is 0 Å². The normalized spacial score (nSPS) is 29.2. The van der Waals surface area contributed by atoms with Crippen molar-refractivity contribution >= 4 is 21.9 Å². The maximum Gasteiger partial charge on any atom is 0.410 e. The molecular formula is C15H25NO7S. The van der Waals surface area contributed by atoms with Crippen LogP contribution >= 0.6 is 0 Å². The van der Waals surface area contributed by atoms with E-state index in [0.29, 0.717) is 0 Å². The van der Waals surface area contributed by atoms with E-state index >= 15 is 0 Å². The second kappa shape index (κ2) is 5.87. The maximum atomic E-state index is 12.2. The standard InChI is InChI=1S/C15H25NO7S/c1-13(2,3)23-12(19)16-7-4-15(20,10-16)14(11(17)18)5-8-24(21,22)9-6-14/h20H,4-10H2,1-3H3,(H,17,18). The molecule has 0 aromatic rings. The Hall–Kier alpha value is -1.35. The zero-order valence-electron chi connectivity index (χ0n) is 14.2. The van der Waals surface area contributed by atoms with Gasteiger partial charge >= 0.3 is 12.1 Å². The van der Waals surface area contributed by atoms with E-state index < -0.39 is 38.5 Å². The molecule has 2 saturated heterocycles. The van der Waals surface area contributed by atoms with Gasteiger partial charge in [-0.05, 0) is 40.0 Å². The van der Waals surface area contributed by atoms with Gasteiger partial charge in [-0.25, -0.2) is 13.2 Å². The van der Waals surface area contributed by atoms with Gasteiger partial charge in [-0.3, -0.25) is 4.79 Å². The number of β-amino-alcohol motifs (C(OH)–C–C–N with tert-alkyl or cyclic N) is 1. The molecule has 0 spiro atoms. The van der Waals surface area contributed by atoms with Crippen LogP contribution in [0.15, 0.2) is 0 Å². The van der Waals surface area contributed by atoms with Crippen molar-refractivity contribution in [2.45, 2.75) is 51.2 Å². The van der Waals surface area contributed by atoms with Crippen molar-refractivity contribution in [3.63, 3.8) is 0 Å². The van der Waals surface area contributed by atoms with Crippen LogP contribution in [0.25, 0.3) is 0 Å². The van der Waals surface area contributed by atoms with E-state index in [1.807, 2.05) is 0 Å². The predicted octanol–water partition coefficient (Wildman–Crippen LogP) is 0.638. The summed E-state index contributed by atoms with van der Waals surface area (Å²) in [4.78, 5) is 25.3. The summed E-state index contributed by atoms with van der Waals surface area (Å²) in [5, 5.41) is 20.7. The summed E-state index contributed by atoms with van der Waals surface area (Å²) in [7, 11) is -3.28. The topological polar surface area (TPSA) is 121 Å². The van der Waals surface area contributed by atoms with Crippen molar-refractivity contribution in [2.75, 3.05) is 24.6 Å². The molecule has 1 atom stereocenters. The number of rotatable bonds is 2. The highest BCUT2D eigenvalue weighted by atomic mass is 32.2. The molecular weight excluding hydrogens is 338 g/mol. The molecule has 1 amide bonds. The Kier molecular flexibility index (Phi) is 4.64. The van der Waals surface area contributed by atoms with Crippen LogP contribution in [0.4, 0.5) is 4.79 Å². The number of amides is 1. The fourth-order valence-electron chi connectivity index (χ4n) is 3.43. The van der Waals surface area contributed by atoms with Gasteiger partial charge in [-0.15, -0.1) is 0 Å². The molecule has 138 valence electrons.